The first-order valence-corrected chi connectivity index (χ1v) is 15.7. The molecule has 9 nitrogen and oxygen atoms in total. The molecule has 31 heavy (non-hydrogen) atoms. The fourth-order valence-corrected chi connectivity index (χ4v) is 5.95. The molecule has 1 N–H and O–H groups in total. The summed E-state index contributed by atoms with van der Waals surface area (Å²) in [4.78, 5) is 12.2. The molecular formula is C19H25BrN4O5SSi. The van der Waals surface area contributed by atoms with Crippen molar-refractivity contribution in [3.63, 3.8) is 0 Å². The lowest BCUT2D eigenvalue weighted by Crippen LogP contribution is -2.35. The molecule has 1 heterocycles. The number of methoxy groups -OCH3 is 1. The van der Waals surface area contributed by atoms with Crippen molar-refractivity contribution < 1.29 is 22.7 Å². The molecule has 168 valence electrons. The number of sulfonamides is 1. The van der Waals surface area contributed by atoms with E-state index in [4.69, 9.17) is 9.47 Å². The molecule has 0 aliphatic heterocycles. The van der Waals surface area contributed by atoms with E-state index in [0.29, 0.717) is 34.8 Å². The average Bonchev–Trinajstić information content (AvgIpc) is 3.35. The van der Waals surface area contributed by atoms with Gasteiger partial charge in [-0.3, -0.25) is 0 Å². The Bertz CT molecular complexity index is 1160. The van der Waals surface area contributed by atoms with Crippen molar-refractivity contribution in [2.45, 2.75) is 55.7 Å². The first-order valence-electron chi connectivity index (χ1n) is 9.73. The second-order valence-corrected chi connectivity index (χ2v) is 16.9. The number of aromatic nitrogens is 2. The van der Waals surface area contributed by atoms with Crippen molar-refractivity contribution >= 4 is 50.9 Å². The summed E-state index contributed by atoms with van der Waals surface area (Å²) in [5.74, 6) is -0.684. The highest BCUT2D eigenvalue weighted by Gasteiger charge is 2.47. The topological polar surface area (TPSA) is 123 Å². The second-order valence-electron chi connectivity index (χ2n) is 8.79. The van der Waals surface area contributed by atoms with Crippen LogP contribution in [0.3, 0.4) is 0 Å². The molecule has 0 saturated heterocycles. The summed E-state index contributed by atoms with van der Waals surface area (Å²) < 4.78 is 40.7. The van der Waals surface area contributed by atoms with Crippen molar-refractivity contribution in [2.24, 2.45) is 0 Å². The lowest BCUT2D eigenvalue weighted by atomic mass is 10.2. The van der Waals surface area contributed by atoms with E-state index >= 15 is 0 Å². The average molecular weight is 529 g/mol. The Hall–Kier alpha value is -1.78. The molecule has 2 aromatic rings. The van der Waals surface area contributed by atoms with E-state index in [-0.39, 0.29) is 17.3 Å². The lowest BCUT2D eigenvalue weighted by molar-refractivity contribution is 0.0585. The van der Waals surface area contributed by atoms with Gasteiger partial charge in [0.25, 0.3) is 0 Å². The number of nitriles is 1. The van der Waals surface area contributed by atoms with Gasteiger partial charge in [0.05, 0.1) is 23.6 Å². The van der Waals surface area contributed by atoms with Gasteiger partial charge in [0.2, 0.25) is 10.0 Å². The molecule has 1 fully saturated rings. The Morgan fingerprint density at radius 3 is 2.61 bits per heavy atom. The molecule has 3 rings (SSSR count). The number of nitrogens with one attached hydrogen (secondary N) is 1. The third-order valence-electron chi connectivity index (χ3n) is 4.96. The van der Waals surface area contributed by atoms with Gasteiger partial charge in [-0.1, -0.05) is 19.6 Å². The molecule has 1 aliphatic carbocycles. The Morgan fingerprint density at radius 2 is 2.06 bits per heavy atom. The van der Waals surface area contributed by atoms with Crippen LogP contribution >= 0.6 is 15.9 Å². The van der Waals surface area contributed by atoms with Crippen LogP contribution in [-0.4, -0.2) is 51.5 Å². The van der Waals surface area contributed by atoms with E-state index in [9.17, 15) is 18.5 Å². The summed E-state index contributed by atoms with van der Waals surface area (Å²) in [6.45, 7) is 7.42. The normalized spacial score (nSPS) is 15.6. The summed E-state index contributed by atoms with van der Waals surface area (Å²) in [5, 5.41) is 13.9. The maximum Gasteiger partial charge on any atom is 0.359 e. The Morgan fingerprint density at radius 1 is 1.39 bits per heavy atom. The van der Waals surface area contributed by atoms with Gasteiger partial charge in [-0.25, -0.2) is 17.9 Å². The predicted octanol–water partition coefficient (Wildman–Crippen LogP) is 3.23. The molecule has 0 atom stereocenters. The smallest absolute Gasteiger partial charge is 0.359 e. The van der Waals surface area contributed by atoms with Crippen LogP contribution in [0.4, 0.5) is 0 Å². The van der Waals surface area contributed by atoms with Crippen LogP contribution in [0, 0.1) is 11.3 Å². The molecule has 12 heteroatoms. The molecule has 0 bridgehead atoms. The molecule has 1 aliphatic rings. The summed E-state index contributed by atoms with van der Waals surface area (Å²) in [6.07, 6.45) is 0.929. The Balaban J connectivity index is 1.99. The van der Waals surface area contributed by atoms with Gasteiger partial charge in [-0.15, -0.1) is 0 Å². The number of fused-ring (bicyclic) bond motifs is 1. The van der Waals surface area contributed by atoms with Gasteiger partial charge >= 0.3 is 5.97 Å². The fourth-order valence-electron chi connectivity index (χ4n) is 2.94. The van der Waals surface area contributed by atoms with Gasteiger partial charge in [-0.2, -0.15) is 15.1 Å². The number of hydrogen-bond donors (Lipinski definition) is 1. The third kappa shape index (κ3) is 5.35. The van der Waals surface area contributed by atoms with E-state index in [1.165, 1.54) is 23.9 Å². The number of hydrogen-bond acceptors (Lipinski definition) is 7. The number of halogens is 1. The first kappa shape index (κ1) is 23.9. The molecule has 0 radical (unpaired) electrons. The van der Waals surface area contributed by atoms with Crippen LogP contribution in [0.1, 0.15) is 23.3 Å². The largest absolute Gasteiger partial charge is 0.464 e. The van der Waals surface area contributed by atoms with Crippen molar-refractivity contribution in [1.82, 2.24) is 14.5 Å². The highest BCUT2D eigenvalue weighted by Crippen LogP contribution is 2.37. The maximum absolute atomic E-state index is 12.9. The Kier molecular flexibility index (Phi) is 6.64. The van der Waals surface area contributed by atoms with E-state index in [1.54, 1.807) is 0 Å². The van der Waals surface area contributed by atoms with Gasteiger partial charge < -0.3 is 9.47 Å². The monoisotopic (exact) mass is 528 g/mol. The number of carbonyl (C=O) groups excluding carboxylic acids is 1. The van der Waals surface area contributed by atoms with Crippen LogP contribution in [-0.2, 0) is 26.2 Å². The Labute approximate surface area is 190 Å². The first-order chi connectivity index (χ1) is 14.4. The van der Waals surface area contributed by atoms with Gasteiger partial charge in [-0.05, 0) is 46.9 Å². The minimum absolute atomic E-state index is 0.00883. The van der Waals surface area contributed by atoms with E-state index in [2.05, 4.69) is 45.4 Å². The minimum Gasteiger partial charge on any atom is -0.464 e. The van der Waals surface area contributed by atoms with Crippen molar-refractivity contribution in [2.75, 3.05) is 13.7 Å². The number of carbonyl (C=O) groups is 1. The lowest BCUT2D eigenvalue weighted by Gasteiger charge is -2.15. The van der Waals surface area contributed by atoms with Crippen LogP contribution in [0.25, 0.3) is 10.9 Å². The zero-order valence-corrected chi connectivity index (χ0v) is 21.3. The summed E-state index contributed by atoms with van der Waals surface area (Å²) in [6, 6.07) is 5.78. The molecule has 1 aromatic carbocycles. The minimum atomic E-state index is -3.98. The second kappa shape index (κ2) is 8.63. The van der Waals surface area contributed by atoms with Crippen LogP contribution in [0.2, 0.25) is 25.7 Å². The summed E-state index contributed by atoms with van der Waals surface area (Å²) in [5.41, 5.74) is -0.543. The highest BCUT2D eigenvalue weighted by molar-refractivity contribution is 9.10. The zero-order valence-electron chi connectivity index (χ0n) is 17.9. The number of rotatable bonds is 9. The highest BCUT2D eigenvalue weighted by atomic mass is 79.9. The maximum atomic E-state index is 12.9. The van der Waals surface area contributed by atoms with Crippen LogP contribution < -0.4 is 4.72 Å². The third-order valence-corrected chi connectivity index (χ3v) is 8.79. The van der Waals surface area contributed by atoms with E-state index in [0.717, 1.165) is 6.04 Å². The van der Waals surface area contributed by atoms with Crippen LogP contribution in [0.5, 0.6) is 0 Å². The molecular weight excluding hydrogens is 504 g/mol. The van der Waals surface area contributed by atoms with Gasteiger partial charge in [0, 0.05) is 24.5 Å². The quantitative estimate of drug-likeness (QED) is 0.301. The number of esters is 1. The molecule has 0 amide bonds. The summed E-state index contributed by atoms with van der Waals surface area (Å²) >= 11 is 3.41. The van der Waals surface area contributed by atoms with Crippen molar-refractivity contribution in [3.05, 3.63) is 22.3 Å². The number of ether oxygens (including phenoxy) is 2. The zero-order chi connectivity index (χ0) is 23.0. The van der Waals surface area contributed by atoms with E-state index in [1.807, 2.05) is 6.07 Å². The summed E-state index contributed by atoms with van der Waals surface area (Å²) in [7, 11) is -4.00. The van der Waals surface area contributed by atoms with Gasteiger partial charge in [0.1, 0.15) is 12.3 Å². The number of benzene rings is 1. The number of nitrogens with zero attached hydrogens (tertiary/aromatic N) is 3. The molecule has 1 saturated carbocycles. The molecule has 1 aromatic heterocycles. The fraction of sp³-hybridized carbons (Fsp3) is 0.526. The van der Waals surface area contributed by atoms with Gasteiger partial charge in [0.15, 0.2) is 5.69 Å². The standard InChI is InChI=1S/C19H25BrN4O5SSi/c1-28-18(25)16-14-9-13(30(26,27)23-19(11-21)5-6-19)10-15(20)17(14)24(22-16)12-29-7-8-31(2,3)4/h9-10,23H,5-8,12H2,1-4H3. The SMILES string of the molecule is COC(=O)c1nn(COCC[Si](C)(C)C)c2c(Br)cc(S(=O)(=O)NC3(C#N)CC3)cc12. The van der Waals surface area contributed by atoms with Crippen LogP contribution in [0.15, 0.2) is 21.5 Å². The predicted molar refractivity (Wildman–Crippen MR) is 121 cm³/mol. The molecule has 0 spiro atoms. The van der Waals surface area contributed by atoms with Crippen molar-refractivity contribution in [3.8, 4) is 6.07 Å². The molecule has 0 unspecified atom stereocenters. The van der Waals surface area contributed by atoms with Crippen molar-refractivity contribution in [1.29, 1.82) is 5.26 Å². The van der Waals surface area contributed by atoms with E-state index < -0.39 is 29.6 Å².